The highest BCUT2D eigenvalue weighted by atomic mass is 19.4. The van der Waals surface area contributed by atoms with Gasteiger partial charge in [-0.25, -0.2) is 4.79 Å². The molecule has 5 nitrogen and oxygen atoms in total. The Kier molecular flexibility index (Phi) is 2.64. The van der Waals surface area contributed by atoms with Crippen molar-refractivity contribution in [3.8, 4) is 11.5 Å². The van der Waals surface area contributed by atoms with E-state index in [1.54, 1.807) is 0 Å². The number of aromatic nitrogens is 2. The SMILES string of the molecule is Cn1nc(-c2ccc(C(F)(F)F)o2)cc1C(=O)O. The molecular weight excluding hydrogens is 253 g/mol. The number of aromatic carboxylic acids is 1. The zero-order chi connectivity index (χ0) is 13.5. The molecule has 0 aliphatic carbocycles. The van der Waals surface area contributed by atoms with E-state index in [1.807, 2.05) is 0 Å². The summed E-state index contributed by atoms with van der Waals surface area (Å²) < 4.78 is 42.6. The van der Waals surface area contributed by atoms with E-state index in [0.29, 0.717) is 0 Å². The number of carboxylic acid groups (broad SMARTS) is 1. The maximum atomic E-state index is 12.3. The predicted molar refractivity (Wildman–Crippen MR) is 52.9 cm³/mol. The van der Waals surface area contributed by atoms with Crippen LogP contribution >= 0.6 is 0 Å². The summed E-state index contributed by atoms with van der Waals surface area (Å²) in [5.41, 5.74) is -0.111. The molecule has 2 rings (SSSR count). The molecule has 2 aromatic rings. The third-order valence-corrected chi connectivity index (χ3v) is 2.24. The Labute approximate surface area is 98.4 Å². The summed E-state index contributed by atoms with van der Waals surface area (Å²) in [5.74, 6) is -2.51. The summed E-state index contributed by atoms with van der Waals surface area (Å²) in [7, 11) is 1.38. The molecule has 0 atom stereocenters. The number of hydrogen-bond acceptors (Lipinski definition) is 3. The van der Waals surface area contributed by atoms with Crippen molar-refractivity contribution in [1.82, 2.24) is 9.78 Å². The predicted octanol–water partition coefficient (Wildman–Crippen LogP) is 2.40. The first-order valence-corrected chi connectivity index (χ1v) is 4.74. The molecular formula is C10H7F3N2O3. The van der Waals surface area contributed by atoms with E-state index in [1.165, 1.54) is 7.05 Å². The summed E-state index contributed by atoms with van der Waals surface area (Å²) in [6.45, 7) is 0. The molecule has 0 unspecified atom stereocenters. The Balaban J connectivity index is 2.41. The minimum atomic E-state index is -4.58. The van der Waals surface area contributed by atoms with Gasteiger partial charge in [-0.1, -0.05) is 0 Å². The highest BCUT2D eigenvalue weighted by molar-refractivity contribution is 5.87. The van der Waals surface area contributed by atoms with Crippen molar-refractivity contribution in [2.45, 2.75) is 6.18 Å². The molecule has 96 valence electrons. The average molecular weight is 260 g/mol. The zero-order valence-electron chi connectivity index (χ0n) is 9.02. The van der Waals surface area contributed by atoms with E-state index >= 15 is 0 Å². The number of alkyl halides is 3. The molecule has 0 amide bonds. The molecule has 18 heavy (non-hydrogen) atoms. The first-order valence-electron chi connectivity index (χ1n) is 4.74. The van der Waals surface area contributed by atoms with E-state index in [0.717, 1.165) is 22.9 Å². The maximum absolute atomic E-state index is 12.3. The smallest absolute Gasteiger partial charge is 0.449 e. The fourth-order valence-electron chi connectivity index (χ4n) is 1.42. The quantitative estimate of drug-likeness (QED) is 0.900. The number of carbonyl (C=O) groups is 1. The van der Waals surface area contributed by atoms with Gasteiger partial charge in [0.05, 0.1) is 0 Å². The average Bonchev–Trinajstić information content (AvgIpc) is 2.81. The minimum absolute atomic E-state index is 0.0328. The van der Waals surface area contributed by atoms with Gasteiger partial charge in [0.25, 0.3) is 0 Å². The highest BCUT2D eigenvalue weighted by Gasteiger charge is 2.35. The second-order valence-electron chi connectivity index (χ2n) is 3.51. The largest absolute Gasteiger partial charge is 0.477 e. The number of nitrogens with zero attached hydrogens (tertiary/aromatic N) is 2. The summed E-state index contributed by atoms with van der Waals surface area (Å²) >= 11 is 0. The lowest BCUT2D eigenvalue weighted by Crippen LogP contribution is -2.04. The minimum Gasteiger partial charge on any atom is -0.477 e. The number of hydrogen-bond donors (Lipinski definition) is 1. The summed E-state index contributed by atoms with van der Waals surface area (Å²) in [5, 5.41) is 12.6. The van der Waals surface area contributed by atoms with E-state index < -0.39 is 17.9 Å². The van der Waals surface area contributed by atoms with Crippen molar-refractivity contribution in [2.75, 3.05) is 0 Å². The van der Waals surface area contributed by atoms with Gasteiger partial charge < -0.3 is 9.52 Å². The van der Waals surface area contributed by atoms with Crippen molar-refractivity contribution in [3.63, 3.8) is 0 Å². The van der Waals surface area contributed by atoms with Crippen LogP contribution in [-0.2, 0) is 13.2 Å². The molecule has 0 aromatic carbocycles. The molecule has 0 spiro atoms. The lowest BCUT2D eigenvalue weighted by molar-refractivity contribution is -0.152. The topological polar surface area (TPSA) is 68.3 Å². The van der Waals surface area contributed by atoms with Crippen LogP contribution in [0.2, 0.25) is 0 Å². The van der Waals surface area contributed by atoms with Gasteiger partial charge >= 0.3 is 12.1 Å². The number of halogens is 3. The van der Waals surface area contributed by atoms with Crippen LogP contribution in [0.3, 0.4) is 0 Å². The van der Waals surface area contributed by atoms with Crippen LogP contribution < -0.4 is 0 Å². The molecule has 0 bridgehead atoms. The van der Waals surface area contributed by atoms with Crippen LogP contribution in [-0.4, -0.2) is 20.9 Å². The third-order valence-electron chi connectivity index (χ3n) is 2.24. The lowest BCUT2D eigenvalue weighted by Gasteiger charge is -1.99. The van der Waals surface area contributed by atoms with Gasteiger partial charge in [-0.3, -0.25) is 4.68 Å². The Morgan fingerprint density at radius 3 is 2.56 bits per heavy atom. The first kappa shape index (κ1) is 12.2. The second-order valence-corrected chi connectivity index (χ2v) is 3.51. The zero-order valence-corrected chi connectivity index (χ0v) is 9.02. The highest BCUT2D eigenvalue weighted by Crippen LogP contribution is 2.33. The number of furan rings is 1. The van der Waals surface area contributed by atoms with Crippen LogP contribution in [0.4, 0.5) is 13.2 Å². The van der Waals surface area contributed by atoms with E-state index in [9.17, 15) is 18.0 Å². The molecule has 1 N–H and O–H groups in total. The number of carboxylic acids is 1. The molecule has 8 heteroatoms. The first-order chi connectivity index (χ1) is 8.29. The standard InChI is InChI=1S/C10H7F3N2O3/c1-15-6(9(16)17)4-5(14-15)7-2-3-8(18-7)10(11,12)13/h2-4H,1H3,(H,16,17). The van der Waals surface area contributed by atoms with Gasteiger partial charge in [-0.05, 0) is 12.1 Å². The molecule has 2 aromatic heterocycles. The van der Waals surface area contributed by atoms with Gasteiger partial charge in [0.15, 0.2) is 5.76 Å². The van der Waals surface area contributed by atoms with Crippen molar-refractivity contribution in [3.05, 3.63) is 29.7 Å². The van der Waals surface area contributed by atoms with Gasteiger partial charge in [0.2, 0.25) is 5.76 Å². The van der Waals surface area contributed by atoms with Crippen molar-refractivity contribution >= 4 is 5.97 Å². The Hall–Kier alpha value is -2.25. The fourth-order valence-corrected chi connectivity index (χ4v) is 1.42. The second kappa shape index (κ2) is 3.90. The molecule has 0 aliphatic rings. The third kappa shape index (κ3) is 2.08. The molecule has 2 heterocycles. The van der Waals surface area contributed by atoms with Gasteiger partial charge in [-0.2, -0.15) is 18.3 Å². The van der Waals surface area contributed by atoms with Crippen molar-refractivity contribution < 1.29 is 27.5 Å². The monoisotopic (exact) mass is 260 g/mol. The normalized spacial score (nSPS) is 11.8. The Morgan fingerprint density at radius 1 is 1.44 bits per heavy atom. The van der Waals surface area contributed by atoms with Gasteiger partial charge in [0.1, 0.15) is 11.4 Å². The number of rotatable bonds is 2. The molecule has 0 saturated carbocycles. The molecule has 0 aliphatic heterocycles. The van der Waals surface area contributed by atoms with Crippen molar-refractivity contribution in [2.24, 2.45) is 7.05 Å². The van der Waals surface area contributed by atoms with Gasteiger partial charge in [0, 0.05) is 13.1 Å². The maximum Gasteiger partial charge on any atom is 0.449 e. The van der Waals surface area contributed by atoms with E-state index in [4.69, 9.17) is 5.11 Å². The van der Waals surface area contributed by atoms with Crippen LogP contribution in [0.5, 0.6) is 0 Å². The van der Waals surface area contributed by atoms with Crippen LogP contribution in [0.25, 0.3) is 11.5 Å². The lowest BCUT2D eigenvalue weighted by atomic mass is 10.3. The van der Waals surface area contributed by atoms with Crippen LogP contribution in [0.15, 0.2) is 22.6 Å². The van der Waals surface area contributed by atoms with Crippen LogP contribution in [0.1, 0.15) is 16.2 Å². The number of aryl methyl sites for hydroxylation is 1. The molecule has 0 saturated heterocycles. The van der Waals surface area contributed by atoms with Crippen LogP contribution in [0, 0.1) is 0 Å². The molecule has 0 radical (unpaired) electrons. The Bertz CT molecular complexity index is 598. The summed E-state index contributed by atoms with van der Waals surface area (Å²) in [6.07, 6.45) is -4.58. The van der Waals surface area contributed by atoms with E-state index in [2.05, 4.69) is 9.52 Å². The fraction of sp³-hybridized carbons (Fsp3) is 0.200. The summed E-state index contributed by atoms with van der Waals surface area (Å²) in [4.78, 5) is 10.8. The molecule has 0 fully saturated rings. The van der Waals surface area contributed by atoms with E-state index in [-0.39, 0.29) is 17.1 Å². The van der Waals surface area contributed by atoms with Crippen molar-refractivity contribution in [1.29, 1.82) is 0 Å². The Morgan fingerprint density at radius 2 is 2.11 bits per heavy atom. The van der Waals surface area contributed by atoms with Gasteiger partial charge in [-0.15, -0.1) is 0 Å². The summed E-state index contributed by atoms with van der Waals surface area (Å²) in [6, 6.07) is 3.00.